The number of hydrogen-bond acceptors (Lipinski definition) is 5. The van der Waals surface area contributed by atoms with Gasteiger partial charge in [0.15, 0.2) is 5.17 Å². The molecule has 4 rings (SSSR count). The van der Waals surface area contributed by atoms with E-state index in [9.17, 15) is 4.79 Å². The van der Waals surface area contributed by atoms with Gasteiger partial charge in [-0.15, -0.1) is 16.4 Å². The fourth-order valence-corrected chi connectivity index (χ4v) is 4.70. The molecule has 0 N–H and O–H groups in total. The second-order valence-corrected chi connectivity index (χ2v) is 8.37. The number of benzene rings is 2. The van der Waals surface area contributed by atoms with Crippen LogP contribution in [0.1, 0.15) is 23.8 Å². The zero-order chi connectivity index (χ0) is 18.6. The third kappa shape index (κ3) is 3.82. The van der Waals surface area contributed by atoms with Gasteiger partial charge in [0.1, 0.15) is 0 Å². The van der Waals surface area contributed by atoms with Crippen molar-refractivity contribution in [3.63, 3.8) is 0 Å². The van der Waals surface area contributed by atoms with E-state index in [1.165, 1.54) is 22.5 Å². The monoisotopic (exact) mass is 393 g/mol. The number of fused-ring (bicyclic) bond motifs is 1. The molecule has 1 unspecified atom stereocenters. The van der Waals surface area contributed by atoms with Gasteiger partial charge in [0.2, 0.25) is 5.91 Å². The van der Waals surface area contributed by atoms with E-state index in [1.54, 1.807) is 22.5 Å². The molecule has 0 bridgehead atoms. The number of amidine groups is 1. The Kier molecular flexibility index (Phi) is 5.36. The first kappa shape index (κ1) is 17.9. The molecular formula is C21H19N3OS2. The van der Waals surface area contributed by atoms with Crippen LogP contribution < -0.4 is 0 Å². The van der Waals surface area contributed by atoms with Crippen LogP contribution in [0.3, 0.4) is 0 Å². The van der Waals surface area contributed by atoms with Gasteiger partial charge in [-0.1, -0.05) is 67.2 Å². The van der Waals surface area contributed by atoms with Gasteiger partial charge in [0.05, 0.1) is 18.0 Å². The fourth-order valence-electron chi connectivity index (χ4n) is 3.09. The first-order valence-corrected chi connectivity index (χ1v) is 10.6. The van der Waals surface area contributed by atoms with Crippen LogP contribution in [-0.2, 0) is 11.3 Å². The van der Waals surface area contributed by atoms with E-state index >= 15 is 0 Å². The molecule has 4 nitrogen and oxygen atoms in total. The van der Waals surface area contributed by atoms with E-state index < -0.39 is 0 Å². The molecule has 6 heteroatoms. The minimum Gasteiger partial charge on any atom is -0.284 e. The Hall–Kier alpha value is -2.44. The van der Waals surface area contributed by atoms with E-state index in [-0.39, 0.29) is 11.2 Å². The minimum absolute atomic E-state index is 0.0873. The van der Waals surface area contributed by atoms with Crippen LogP contribution in [0.25, 0.3) is 10.8 Å². The predicted octanol–water partition coefficient (Wildman–Crippen LogP) is 5.15. The van der Waals surface area contributed by atoms with Crippen LogP contribution in [0.5, 0.6) is 0 Å². The summed E-state index contributed by atoms with van der Waals surface area (Å²) in [5.41, 5.74) is 1.12. The summed E-state index contributed by atoms with van der Waals surface area (Å²) in [5.74, 6) is 0.112. The fraction of sp³-hybridized carbons (Fsp3) is 0.190. The summed E-state index contributed by atoms with van der Waals surface area (Å²) < 4.78 is 0. The maximum absolute atomic E-state index is 12.9. The highest BCUT2D eigenvalue weighted by Gasteiger charge is 2.37. The lowest BCUT2D eigenvalue weighted by Gasteiger charge is -2.17. The maximum atomic E-state index is 12.9. The summed E-state index contributed by atoms with van der Waals surface area (Å²) in [6, 6.07) is 18.4. The quantitative estimate of drug-likeness (QED) is 0.445. The molecule has 136 valence electrons. The lowest BCUT2D eigenvalue weighted by molar-refractivity contribution is -0.126. The number of carbonyl (C=O) groups excluding carboxylic acids is 1. The highest BCUT2D eigenvalue weighted by Crippen LogP contribution is 2.32. The molecule has 2 aromatic carbocycles. The molecule has 0 spiro atoms. The van der Waals surface area contributed by atoms with E-state index in [1.807, 2.05) is 42.6 Å². The minimum atomic E-state index is -0.0873. The summed E-state index contributed by atoms with van der Waals surface area (Å²) >= 11 is 3.11. The molecule has 1 amide bonds. The van der Waals surface area contributed by atoms with Crippen LogP contribution >= 0.6 is 23.1 Å². The average molecular weight is 394 g/mol. The second kappa shape index (κ2) is 8.06. The van der Waals surface area contributed by atoms with Crippen LogP contribution in [-0.4, -0.2) is 27.4 Å². The first-order chi connectivity index (χ1) is 13.3. The Morgan fingerprint density at radius 1 is 1.11 bits per heavy atom. The van der Waals surface area contributed by atoms with Crippen LogP contribution in [0.4, 0.5) is 0 Å². The van der Waals surface area contributed by atoms with Crippen molar-refractivity contribution in [1.29, 1.82) is 0 Å². The number of nitrogens with zero attached hydrogens (tertiary/aromatic N) is 3. The number of thiophene rings is 1. The van der Waals surface area contributed by atoms with Gasteiger partial charge in [-0.05, 0) is 34.2 Å². The zero-order valence-electron chi connectivity index (χ0n) is 14.9. The lowest BCUT2D eigenvalue weighted by atomic mass is 10.0. The van der Waals surface area contributed by atoms with Gasteiger partial charge in [-0.3, -0.25) is 9.69 Å². The van der Waals surface area contributed by atoms with E-state index in [2.05, 4.69) is 34.5 Å². The van der Waals surface area contributed by atoms with Crippen molar-refractivity contribution < 1.29 is 4.79 Å². The smallest absolute Gasteiger partial charge is 0.242 e. The average Bonchev–Trinajstić information content (AvgIpc) is 3.31. The second-order valence-electron chi connectivity index (χ2n) is 6.22. The molecule has 0 aliphatic carbocycles. The molecular weight excluding hydrogens is 374 g/mol. The van der Waals surface area contributed by atoms with Gasteiger partial charge >= 0.3 is 0 Å². The molecule has 1 aliphatic rings. The SMILES string of the molecule is CCC1SC(=NN=Cc2cccs2)N(Cc2cccc3ccccc23)C1=O. The summed E-state index contributed by atoms with van der Waals surface area (Å²) in [7, 11) is 0. The number of carbonyl (C=O) groups is 1. The normalized spacial score (nSPS) is 19.0. The Morgan fingerprint density at radius 3 is 2.78 bits per heavy atom. The topological polar surface area (TPSA) is 45.0 Å². The van der Waals surface area contributed by atoms with Gasteiger partial charge in [0.25, 0.3) is 0 Å². The van der Waals surface area contributed by atoms with Crippen molar-refractivity contribution in [2.24, 2.45) is 10.2 Å². The number of hydrogen-bond donors (Lipinski definition) is 0. The molecule has 1 aromatic heterocycles. The zero-order valence-corrected chi connectivity index (χ0v) is 16.5. The third-order valence-corrected chi connectivity index (χ3v) is 6.61. The Morgan fingerprint density at radius 2 is 1.96 bits per heavy atom. The number of thioether (sulfide) groups is 1. The van der Waals surface area contributed by atoms with Crippen LogP contribution in [0, 0.1) is 0 Å². The Labute approximate surface area is 166 Å². The van der Waals surface area contributed by atoms with Crippen molar-refractivity contribution in [3.05, 3.63) is 70.4 Å². The molecule has 1 atom stereocenters. The molecule has 3 aromatic rings. The highest BCUT2D eigenvalue weighted by molar-refractivity contribution is 8.15. The van der Waals surface area contributed by atoms with Gasteiger partial charge in [0, 0.05) is 4.88 Å². The summed E-state index contributed by atoms with van der Waals surface area (Å²) in [4.78, 5) is 15.7. The Bertz CT molecular complexity index is 1010. The largest absolute Gasteiger partial charge is 0.284 e. The van der Waals surface area contributed by atoms with Crippen LogP contribution in [0.2, 0.25) is 0 Å². The van der Waals surface area contributed by atoms with E-state index in [0.717, 1.165) is 16.9 Å². The van der Waals surface area contributed by atoms with Crippen molar-refractivity contribution >= 4 is 51.2 Å². The van der Waals surface area contributed by atoms with Gasteiger partial charge in [-0.2, -0.15) is 5.10 Å². The third-order valence-electron chi connectivity index (χ3n) is 4.47. The molecule has 0 saturated carbocycles. The number of rotatable bonds is 5. The Balaban J connectivity index is 1.64. The van der Waals surface area contributed by atoms with Crippen LogP contribution in [0.15, 0.2) is 70.2 Å². The standard InChI is InChI=1S/C21H19N3OS2/c1-2-19-20(25)24(21(27-19)23-22-13-17-10-6-12-26-17)14-16-9-5-8-15-7-3-4-11-18(15)16/h3-13,19H,2,14H2,1H3. The summed E-state index contributed by atoms with van der Waals surface area (Å²) in [5, 5.41) is 13.5. The summed E-state index contributed by atoms with van der Waals surface area (Å²) in [6.45, 7) is 2.54. The number of amides is 1. The van der Waals surface area contributed by atoms with Gasteiger partial charge < -0.3 is 0 Å². The van der Waals surface area contributed by atoms with Crippen molar-refractivity contribution in [2.75, 3.05) is 0 Å². The van der Waals surface area contributed by atoms with Gasteiger partial charge in [-0.25, -0.2) is 0 Å². The molecule has 2 heterocycles. The molecule has 1 saturated heterocycles. The maximum Gasteiger partial charge on any atom is 0.242 e. The van der Waals surface area contributed by atoms with E-state index in [4.69, 9.17) is 0 Å². The summed E-state index contributed by atoms with van der Waals surface area (Å²) in [6.07, 6.45) is 2.52. The van der Waals surface area contributed by atoms with Crippen molar-refractivity contribution in [3.8, 4) is 0 Å². The predicted molar refractivity (Wildman–Crippen MR) is 116 cm³/mol. The molecule has 1 aliphatic heterocycles. The first-order valence-electron chi connectivity index (χ1n) is 8.85. The molecule has 27 heavy (non-hydrogen) atoms. The highest BCUT2D eigenvalue weighted by atomic mass is 32.2. The molecule has 1 fully saturated rings. The lowest BCUT2D eigenvalue weighted by Crippen LogP contribution is -2.31. The van der Waals surface area contributed by atoms with E-state index in [0.29, 0.717) is 11.7 Å². The van der Waals surface area contributed by atoms with Crippen molar-refractivity contribution in [1.82, 2.24) is 4.90 Å². The molecule has 0 radical (unpaired) electrons. The van der Waals surface area contributed by atoms with Crippen molar-refractivity contribution in [2.45, 2.75) is 25.1 Å².